The Balaban J connectivity index is 2.34. The molecule has 0 aromatic heterocycles. The molecular weight excluding hydrogens is 409 g/mol. The number of hydrogen-bond acceptors (Lipinski definition) is 3. The number of alkyl halides is 3. The van der Waals surface area contributed by atoms with Crippen molar-refractivity contribution in [2.75, 3.05) is 0 Å². The van der Waals surface area contributed by atoms with Crippen LogP contribution in [0.1, 0.15) is 22.3 Å². The van der Waals surface area contributed by atoms with Gasteiger partial charge < -0.3 is 4.55 Å². The van der Waals surface area contributed by atoms with E-state index in [-0.39, 0.29) is 17.7 Å². The summed E-state index contributed by atoms with van der Waals surface area (Å²) in [7, 11) is -4.64. The highest BCUT2D eigenvalue weighted by Crippen LogP contribution is 2.32. The zero-order valence-corrected chi connectivity index (χ0v) is 14.9. The summed E-state index contributed by atoms with van der Waals surface area (Å²) in [5.74, 6) is 0. The molecule has 0 saturated heterocycles. The van der Waals surface area contributed by atoms with E-state index in [1.165, 1.54) is 18.2 Å². The van der Waals surface area contributed by atoms with Gasteiger partial charge >= 0.3 is 6.18 Å². The highest BCUT2D eigenvalue weighted by molar-refractivity contribution is 9.10. The molecular formula is C16H13BrF3O3S-. The average molecular weight is 422 g/mol. The van der Waals surface area contributed by atoms with Gasteiger partial charge in [-0.1, -0.05) is 33.6 Å². The molecule has 0 atom stereocenters. The minimum absolute atomic E-state index is 0.137. The fourth-order valence-electron chi connectivity index (χ4n) is 2.36. The van der Waals surface area contributed by atoms with Gasteiger partial charge in [-0.3, -0.25) is 0 Å². The molecule has 0 N–H and O–H groups in total. The summed E-state index contributed by atoms with van der Waals surface area (Å²) in [4.78, 5) is -0.337. The first kappa shape index (κ1) is 19.0. The average Bonchev–Trinajstić information content (AvgIpc) is 2.44. The summed E-state index contributed by atoms with van der Waals surface area (Å²) in [6.07, 6.45) is -4.16. The van der Waals surface area contributed by atoms with E-state index in [4.69, 9.17) is 0 Å². The molecule has 0 aliphatic carbocycles. The van der Waals surface area contributed by atoms with Gasteiger partial charge in [0, 0.05) is 4.47 Å². The van der Waals surface area contributed by atoms with Crippen LogP contribution in [0.25, 0.3) is 0 Å². The van der Waals surface area contributed by atoms with Crippen LogP contribution in [0, 0.1) is 6.92 Å². The normalized spacial score (nSPS) is 12.4. The van der Waals surface area contributed by atoms with Crippen LogP contribution in [-0.2, 0) is 29.1 Å². The molecule has 0 spiro atoms. The van der Waals surface area contributed by atoms with Gasteiger partial charge in [0.15, 0.2) is 0 Å². The number of aryl methyl sites for hydroxylation is 3. The van der Waals surface area contributed by atoms with Crippen molar-refractivity contribution in [2.24, 2.45) is 0 Å². The number of rotatable bonds is 4. The molecule has 0 saturated carbocycles. The molecule has 3 nitrogen and oxygen atoms in total. The third kappa shape index (κ3) is 4.58. The number of halogens is 4. The number of benzene rings is 2. The maximum Gasteiger partial charge on any atom is 0.416 e. The van der Waals surface area contributed by atoms with Gasteiger partial charge in [-0.2, -0.15) is 13.2 Å². The molecule has 8 heteroatoms. The third-order valence-electron chi connectivity index (χ3n) is 3.52. The van der Waals surface area contributed by atoms with Crippen LogP contribution in [-0.4, -0.2) is 13.0 Å². The lowest BCUT2D eigenvalue weighted by Gasteiger charge is -2.15. The summed E-state index contributed by atoms with van der Waals surface area (Å²) >= 11 is 3.20. The Morgan fingerprint density at radius 3 is 2.25 bits per heavy atom. The Bertz CT molecular complexity index is 861. The topological polar surface area (TPSA) is 57.2 Å². The van der Waals surface area contributed by atoms with Gasteiger partial charge in [0.25, 0.3) is 0 Å². The molecule has 0 heterocycles. The molecule has 24 heavy (non-hydrogen) atoms. The van der Waals surface area contributed by atoms with Crippen LogP contribution in [0.5, 0.6) is 0 Å². The van der Waals surface area contributed by atoms with Crippen molar-refractivity contribution in [1.82, 2.24) is 0 Å². The summed E-state index contributed by atoms with van der Waals surface area (Å²) in [6, 6.07) is 7.59. The lowest BCUT2D eigenvalue weighted by Crippen LogP contribution is -2.07. The van der Waals surface area contributed by atoms with Crippen LogP contribution in [0.2, 0.25) is 0 Å². The highest BCUT2D eigenvalue weighted by Gasteiger charge is 2.30. The van der Waals surface area contributed by atoms with E-state index in [1.807, 2.05) is 0 Å². The van der Waals surface area contributed by atoms with E-state index in [9.17, 15) is 26.1 Å². The maximum absolute atomic E-state index is 12.8. The minimum atomic E-state index is -4.64. The smallest absolute Gasteiger partial charge is 0.416 e. The lowest BCUT2D eigenvalue weighted by molar-refractivity contribution is -0.137. The molecule has 0 aliphatic heterocycles. The summed E-state index contributed by atoms with van der Waals surface area (Å²) < 4.78 is 72.8. The molecule has 0 amide bonds. The molecule has 0 unspecified atom stereocenters. The zero-order valence-electron chi connectivity index (χ0n) is 12.5. The van der Waals surface area contributed by atoms with Gasteiger partial charge in [0.1, 0.15) is 10.1 Å². The first-order valence-corrected chi connectivity index (χ1v) is 9.09. The zero-order chi connectivity index (χ0) is 18.1. The van der Waals surface area contributed by atoms with E-state index < -0.39 is 21.9 Å². The lowest BCUT2D eigenvalue weighted by atomic mass is 10.0. The fourth-order valence-corrected chi connectivity index (χ4v) is 3.52. The predicted molar refractivity (Wildman–Crippen MR) is 85.7 cm³/mol. The monoisotopic (exact) mass is 421 g/mol. The first-order chi connectivity index (χ1) is 11.0. The van der Waals surface area contributed by atoms with Crippen LogP contribution >= 0.6 is 15.9 Å². The van der Waals surface area contributed by atoms with E-state index in [1.54, 1.807) is 13.0 Å². The molecule has 0 bridgehead atoms. The van der Waals surface area contributed by atoms with Crippen molar-refractivity contribution in [2.45, 2.75) is 30.8 Å². The van der Waals surface area contributed by atoms with Crippen LogP contribution < -0.4 is 0 Å². The van der Waals surface area contributed by atoms with Gasteiger partial charge in [0.05, 0.1) is 10.5 Å². The van der Waals surface area contributed by atoms with Crippen molar-refractivity contribution in [3.63, 3.8) is 0 Å². The second kappa shape index (κ2) is 6.85. The van der Waals surface area contributed by atoms with E-state index in [0.717, 1.165) is 17.7 Å². The highest BCUT2D eigenvalue weighted by atomic mass is 79.9. The van der Waals surface area contributed by atoms with Crippen molar-refractivity contribution in [1.29, 1.82) is 0 Å². The molecule has 130 valence electrons. The Kier molecular flexibility index (Phi) is 5.41. The van der Waals surface area contributed by atoms with E-state index in [0.29, 0.717) is 15.6 Å². The summed E-state index contributed by atoms with van der Waals surface area (Å²) in [6.45, 7) is 1.74. The Hall–Kier alpha value is -1.38. The fraction of sp³-hybridized carbons (Fsp3) is 0.250. The maximum atomic E-state index is 12.8. The van der Waals surface area contributed by atoms with Gasteiger partial charge in [-0.25, -0.2) is 8.42 Å². The first-order valence-electron chi connectivity index (χ1n) is 6.89. The van der Waals surface area contributed by atoms with Crippen LogP contribution in [0.3, 0.4) is 0 Å². The molecule has 0 aliphatic rings. The molecule has 2 aromatic rings. The molecule has 2 aromatic carbocycles. The molecule has 0 radical (unpaired) electrons. The minimum Gasteiger partial charge on any atom is -0.744 e. The number of hydrogen-bond donors (Lipinski definition) is 0. The van der Waals surface area contributed by atoms with E-state index in [2.05, 4.69) is 15.9 Å². The second-order valence-electron chi connectivity index (χ2n) is 5.37. The third-order valence-corrected chi connectivity index (χ3v) is 5.23. The largest absolute Gasteiger partial charge is 0.744 e. The molecule has 0 fully saturated rings. The Morgan fingerprint density at radius 2 is 1.67 bits per heavy atom. The van der Waals surface area contributed by atoms with Crippen LogP contribution in [0.4, 0.5) is 13.2 Å². The quantitative estimate of drug-likeness (QED) is 0.684. The van der Waals surface area contributed by atoms with Crippen molar-refractivity contribution < 1.29 is 26.1 Å². The van der Waals surface area contributed by atoms with E-state index >= 15 is 0 Å². The standard InChI is InChI=1S/C16H14BrF3O3S/c1-10-2-7-15(24(21,22)23)12(8-10)4-3-11-9-13(16(18,19)20)5-6-14(11)17/h2,5-9H,3-4H2,1H3,(H,21,22,23)/p-1. The van der Waals surface area contributed by atoms with Gasteiger partial charge in [-0.15, -0.1) is 0 Å². The molecule has 2 rings (SSSR count). The second-order valence-corrected chi connectivity index (χ2v) is 7.57. The Labute approximate surface area is 146 Å². The van der Waals surface area contributed by atoms with Crippen molar-refractivity contribution >= 4 is 26.0 Å². The summed E-state index contributed by atoms with van der Waals surface area (Å²) in [5, 5.41) is 0. The predicted octanol–water partition coefficient (Wildman–Crippen LogP) is 4.47. The SMILES string of the molecule is Cc1ccc(S(=O)(=O)[O-])c(CCc2cc(C(F)(F)F)ccc2Br)c1. The van der Waals surface area contributed by atoms with Gasteiger partial charge in [-0.05, 0) is 55.2 Å². The Morgan fingerprint density at radius 1 is 1.04 bits per heavy atom. The van der Waals surface area contributed by atoms with Gasteiger partial charge in [0.2, 0.25) is 0 Å². The van der Waals surface area contributed by atoms with Crippen molar-refractivity contribution in [3.8, 4) is 0 Å². The van der Waals surface area contributed by atoms with Crippen LogP contribution in [0.15, 0.2) is 45.8 Å². The summed E-state index contributed by atoms with van der Waals surface area (Å²) in [5.41, 5.74) is 0.678. The van der Waals surface area contributed by atoms with Crippen molar-refractivity contribution in [3.05, 3.63) is 63.1 Å².